The highest BCUT2D eigenvalue weighted by Gasteiger charge is 2.28. The average Bonchev–Trinajstić information content (AvgIpc) is 2.91. The van der Waals surface area contributed by atoms with E-state index in [0.717, 1.165) is 16.9 Å². The first-order chi connectivity index (χ1) is 18.3. The van der Waals surface area contributed by atoms with Gasteiger partial charge in [0.2, 0.25) is 5.91 Å². The Balaban J connectivity index is 1.18. The third-order valence-electron chi connectivity index (χ3n) is 6.84. The van der Waals surface area contributed by atoms with Gasteiger partial charge in [0.15, 0.2) is 0 Å². The number of benzene rings is 3. The molecule has 2 heterocycles. The van der Waals surface area contributed by atoms with Crippen molar-refractivity contribution in [3.8, 4) is 0 Å². The quantitative estimate of drug-likeness (QED) is 0.375. The van der Waals surface area contributed by atoms with Gasteiger partial charge in [-0.1, -0.05) is 35.3 Å². The minimum atomic E-state index is -0.484. The first-order valence-electron chi connectivity index (χ1n) is 12.3. The molecular formula is C28H27Cl2FN4O2S. The number of anilines is 3. The van der Waals surface area contributed by atoms with E-state index in [1.165, 1.54) is 17.8 Å². The van der Waals surface area contributed by atoms with Crippen molar-refractivity contribution in [2.45, 2.75) is 18.7 Å². The molecule has 1 fully saturated rings. The van der Waals surface area contributed by atoms with Gasteiger partial charge in [-0.3, -0.25) is 9.59 Å². The highest BCUT2D eigenvalue weighted by atomic mass is 35.5. The molecule has 0 aromatic heterocycles. The third-order valence-corrected chi connectivity index (χ3v) is 8.49. The van der Waals surface area contributed by atoms with Crippen LogP contribution in [0, 0.1) is 12.7 Å². The summed E-state index contributed by atoms with van der Waals surface area (Å²) in [6.45, 7) is 4.68. The number of rotatable bonds is 6. The zero-order chi connectivity index (χ0) is 26.8. The summed E-state index contributed by atoms with van der Waals surface area (Å²) in [7, 11) is 0. The number of aryl methyl sites for hydroxylation is 1. The third kappa shape index (κ3) is 5.72. The van der Waals surface area contributed by atoms with Crippen LogP contribution in [0.15, 0.2) is 54.6 Å². The Morgan fingerprint density at radius 1 is 1.05 bits per heavy atom. The molecule has 0 unspecified atom stereocenters. The monoisotopic (exact) mass is 572 g/mol. The maximum atomic E-state index is 14.0. The number of thioether (sulfide) groups is 1. The molecule has 10 heteroatoms. The Kier molecular flexibility index (Phi) is 8.02. The molecule has 198 valence electrons. The van der Waals surface area contributed by atoms with Crippen LogP contribution < -0.4 is 15.5 Å². The number of amides is 2. The van der Waals surface area contributed by atoms with Gasteiger partial charge in [0.25, 0.3) is 5.91 Å². The van der Waals surface area contributed by atoms with E-state index in [-0.39, 0.29) is 17.6 Å². The Bertz CT molecular complexity index is 1360. The van der Waals surface area contributed by atoms with Crippen LogP contribution in [0.5, 0.6) is 0 Å². The van der Waals surface area contributed by atoms with Crippen molar-refractivity contribution in [3.05, 3.63) is 87.2 Å². The fourth-order valence-corrected chi connectivity index (χ4v) is 6.26. The van der Waals surface area contributed by atoms with Crippen LogP contribution >= 0.6 is 35.0 Å². The summed E-state index contributed by atoms with van der Waals surface area (Å²) in [5.41, 5.74) is 4.53. The molecule has 2 aliphatic rings. The maximum Gasteiger partial charge on any atom is 0.254 e. The molecule has 0 radical (unpaired) electrons. The van der Waals surface area contributed by atoms with Gasteiger partial charge >= 0.3 is 0 Å². The second-order valence-corrected chi connectivity index (χ2v) is 11.2. The van der Waals surface area contributed by atoms with Crippen molar-refractivity contribution >= 4 is 63.8 Å². The lowest BCUT2D eigenvalue weighted by Gasteiger charge is -2.37. The number of nitrogens with one attached hydrogen (secondary N) is 2. The minimum absolute atomic E-state index is 0.0658. The first kappa shape index (κ1) is 26.7. The van der Waals surface area contributed by atoms with Crippen molar-refractivity contribution in [1.82, 2.24) is 4.90 Å². The molecule has 0 spiro atoms. The van der Waals surface area contributed by atoms with Gasteiger partial charge in [-0.15, -0.1) is 0 Å². The molecule has 3 aromatic carbocycles. The highest BCUT2D eigenvalue weighted by Crippen LogP contribution is 2.31. The number of nitrogens with zero attached hydrogens (tertiary/aromatic N) is 2. The summed E-state index contributed by atoms with van der Waals surface area (Å²) < 4.78 is 14.0. The highest BCUT2D eigenvalue weighted by molar-refractivity contribution is 7.98. The van der Waals surface area contributed by atoms with Crippen LogP contribution in [0.1, 0.15) is 21.5 Å². The topological polar surface area (TPSA) is 64.7 Å². The van der Waals surface area contributed by atoms with E-state index in [1.54, 1.807) is 24.3 Å². The van der Waals surface area contributed by atoms with E-state index in [9.17, 15) is 14.0 Å². The average molecular weight is 574 g/mol. The molecule has 5 rings (SSSR count). The van der Waals surface area contributed by atoms with E-state index in [4.69, 9.17) is 23.2 Å². The first-order valence-corrected chi connectivity index (χ1v) is 14.2. The molecule has 1 atom stereocenters. The molecule has 2 aliphatic heterocycles. The Morgan fingerprint density at radius 2 is 1.84 bits per heavy atom. The molecule has 38 heavy (non-hydrogen) atoms. The van der Waals surface area contributed by atoms with E-state index in [2.05, 4.69) is 22.5 Å². The standard InChI is InChI=1S/C28H27Cl2FN4O2S/c1-17-5-7-19(29)14-26(17)34-9-11-35(12-10-34)28(37)18-6-8-23-24(13-18)33-27(36)25(32-23)16-38-15-20-21(30)3-2-4-22(20)31/h2-8,13-14,25,32H,9-12,15-16H2,1H3,(H,33,36)/t25-/m1/s1. The molecule has 0 aliphatic carbocycles. The van der Waals surface area contributed by atoms with Crippen LogP contribution in [0.2, 0.25) is 10.0 Å². The fraction of sp³-hybridized carbons (Fsp3) is 0.286. The van der Waals surface area contributed by atoms with E-state index in [1.807, 2.05) is 29.2 Å². The van der Waals surface area contributed by atoms with E-state index >= 15 is 0 Å². The molecule has 6 nitrogen and oxygen atoms in total. The van der Waals surface area contributed by atoms with Gasteiger partial charge in [0.05, 0.1) is 11.4 Å². The summed E-state index contributed by atoms with van der Waals surface area (Å²) in [6.07, 6.45) is 0. The normalized spacial score (nSPS) is 17.1. The number of carbonyl (C=O) groups is 2. The minimum Gasteiger partial charge on any atom is -0.371 e. The van der Waals surface area contributed by atoms with Gasteiger partial charge in [-0.2, -0.15) is 11.8 Å². The van der Waals surface area contributed by atoms with Gasteiger partial charge < -0.3 is 20.4 Å². The van der Waals surface area contributed by atoms with Crippen molar-refractivity contribution in [2.75, 3.05) is 47.5 Å². The second kappa shape index (κ2) is 11.4. The van der Waals surface area contributed by atoms with Crippen LogP contribution in [-0.4, -0.2) is 54.7 Å². The van der Waals surface area contributed by atoms with Crippen molar-refractivity contribution in [2.24, 2.45) is 0 Å². The molecule has 2 amide bonds. The van der Waals surface area contributed by atoms with Crippen molar-refractivity contribution < 1.29 is 14.0 Å². The van der Waals surface area contributed by atoms with Gasteiger partial charge in [0.1, 0.15) is 11.9 Å². The fourth-order valence-electron chi connectivity index (χ4n) is 4.70. The Labute approximate surface area is 235 Å². The van der Waals surface area contributed by atoms with Gasteiger partial charge in [0, 0.05) is 64.5 Å². The molecule has 1 saturated heterocycles. The van der Waals surface area contributed by atoms with Gasteiger partial charge in [-0.25, -0.2) is 4.39 Å². The lowest BCUT2D eigenvalue weighted by Crippen LogP contribution is -2.49. The van der Waals surface area contributed by atoms with Crippen LogP contribution in [0.25, 0.3) is 0 Å². The Hall–Kier alpha value is -2.94. The second-order valence-electron chi connectivity index (χ2n) is 9.37. The number of hydrogen-bond donors (Lipinski definition) is 2. The maximum absolute atomic E-state index is 14.0. The summed E-state index contributed by atoms with van der Waals surface area (Å²) in [5.74, 6) is 0.187. The van der Waals surface area contributed by atoms with E-state index in [0.29, 0.717) is 64.5 Å². The largest absolute Gasteiger partial charge is 0.371 e. The summed E-state index contributed by atoms with van der Waals surface area (Å²) in [6, 6.07) is 15.3. The molecule has 0 saturated carbocycles. The lowest BCUT2D eigenvalue weighted by molar-refractivity contribution is -0.116. The molecule has 2 N–H and O–H groups in total. The smallest absolute Gasteiger partial charge is 0.254 e. The summed E-state index contributed by atoms with van der Waals surface area (Å²) >= 11 is 13.7. The predicted octanol–water partition coefficient (Wildman–Crippen LogP) is 6.07. The zero-order valence-electron chi connectivity index (χ0n) is 20.8. The van der Waals surface area contributed by atoms with Crippen LogP contribution in [-0.2, 0) is 10.5 Å². The number of halogens is 3. The number of carbonyl (C=O) groups excluding carboxylic acids is 2. The summed E-state index contributed by atoms with van der Waals surface area (Å²) in [5, 5.41) is 7.23. The number of fused-ring (bicyclic) bond motifs is 1. The van der Waals surface area contributed by atoms with E-state index < -0.39 is 6.04 Å². The Morgan fingerprint density at radius 3 is 2.61 bits per heavy atom. The molecular weight excluding hydrogens is 546 g/mol. The molecule has 3 aromatic rings. The molecule has 0 bridgehead atoms. The zero-order valence-corrected chi connectivity index (χ0v) is 23.1. The number of hydrogen-bond acceptors (Lipinski definition) is 5. The van der Waals surface area contributed by atoms with Crippen LogP contribution in [0.3, 0.4) is 0 Å². The summed E-state index contributed by atoms with van der Waals surface area (Å²) in [4.78, 5) is 30.1. The SMILES string of the molecule is Cc1ccc(Cl)cc1N1CCN(C(=O)c2ccc3c(c2)NC(=O)[C@@H](CSCc2c(F)cccc2Cl)N3)CC1. The van der Waals surface area contributed by atoms with Gasteiger partial charge in [-0.05, 0) is 55.0 Å². The predicted molar refractivity (Wildman–Crippen MR) is 154 cm³/mol. The van der Waals surface area contributed by atoms with Crippen LogP contribution in [0.4, 0.5) is 21.5 Å². The lowest BCUT2D eigenvalue weighted by atomic mass is 10.1. The van der Waals surface area contributed by atoms with Crippen molar-refractivity contribution in [1.29, 1.82) is 0 Å². The number of piperazine rings is 1. The van der Waals surface area contributed by atoms with Crippen molar-refractivity contribution in [3.63, 3.8) is 0 Å².